The van der Waals surface area contributed by atoms with Gasteiger partial charge in [-0.3, -0.25) is 4.79 Å². The van der Waals surface area contributed by atoms with Crippen LogP contribution >= 0.6 is 0 Å². The van der Waals surface area contributed by atoms with Crippen LogP contribution in [0.25, 0.3) is 0 Å². The fraction of sp³-hybridized carbons (Fsp3) is 0.667. The standard InChI is InChI=1S/C6H10N2O4/c1-6(2)3(9)8(5(11)12)4(10)7-6/h5,11-12H,1-2H3,(H,7,10). The first-order valence-corrected chi connectivity index (χ1v) is 3.38. The molecular formula is C6H10N2O4. The van der Waals surface area contributed by atoms with Crippen LogP contribution in [0.4, 0.5) is 4.79 Å². The van der Waals surface area contributed by atoms with Gasteiger partial charge in [0, 0.05) is 0 Å². The Morgan fingerprint density at radius 3 is 2.08 bits per heavy atom. The number of urea groups is 1. The molecule has 1 saturated heterocycles. The van der Waals surface area contributed by atoms with Gasteiger partial charge in [0.1, 0.15) is 5.54 Å². The van der Waals surface area contributed by atoms with Gasteiger partial charge in [-0.05, 0) is 13.8 Å². The number of hydrogen-bond acceptors (Lipinski definition) is 4. The second-order valence-electron chi connectivity index (χ2n) is 3.08. The second kappa shape index (κ2) is 2.43. The van der Waals surface area contributed by atoms with Crippen molar-refractivity contribution in [3.05, 3.63) is 0 Å². The number of rotatable bonds is 1. The first-order chi connectivity index (χ1) is 5.36. The maximum Gasteiger partial charge on any atom is 0.329 e. The molecule has 0 aliphatic carbocycles. The predicted octanol–water partition coefficient (Wildman–Crippen LogP) is -1.42. The normalized spacial score (nSPS) is 21.9. The summed E-state index contributed by atoms with van der Waals surface area (Å²) in [5.41, 5.74) is -1.05. The number of nitrogens with zero attached hydrogens (tertiary/aromatic N) is 1. The van der Waals surface area contributed by atoms with Gasteiger partial charge >= 0.3 is 6.03 Å². The lowest BCUT2D eigenvalue weighted by Gasteiger charge is -2.16. The van der Waals surface area contributed by atoms with E-state index in [-0.39, 0.29) is 0 Å². The molecule has 0 saturated carbocycles. The number of aliphatic hydroxyl groups is 2. The molecule has 0 aromatic heterocycles. The van der Waals surface area contributed by atoms with Gasteiger partial charge in [0.05, 0.1) is 0 Å². The fourth-order valence-electron chi connectivity index (χ4n) is 0.984. The third-order valence-electron chi connectivity index (χ3n) is 1.62. The summed E-state index contributed by atoms with van der Waals surface area (Å²) in [4.78, 5) is 22.5. The molecule has 3 amide bonds. The van der Waals surface area contributed by atoms with Crippen molar-refractivity contribution in [3.63, 3.8) is 0 Å². The fourth-order valence-corrected chi connectivity index (χ4v) is 0.984. The summed E-state index contributed by atoms with van der Waals surface area (Å²) in [6.45, 7) is 2.96. The molecule has 0 aromatic rings. The van der Waals surface area contributed by atoms with Gasteiger partial charge in [-0.2, -0.15) is 0 Å². The van der Waals surface area contributed by atoms with Crippen molar-refractivity contribution in [1.29, 1.82) is 0 Å². The van der Waals surface area contributed by atoms with Crippen molar-refractivity contribution in [2.24, 2.45) is 0 Å². The van der Waals surface area contributed by atoms with Crippen LogP contribution in [0, 0.1) is 0 Å². The van der Waals surface area contributed by atoms with Crippen LogP contribution in [-0.2, 0) is 4.79 Å². The molecule has 68 valence electrons. The van der Waals surface area contributed by atoms with E-state index in [2.05, 4.69) is 5.32 Å². The van der Waals surface area contributed by atoms with E-state index in [9.17, 15) is 9.59 Å². The SMILES string of the molecule is CC1(C)NC(=O)N(C(O)O)C1=O. The van der Waals surface area contributed by atoms with Crippen molar-refractivity contribution in [1.82, 2.24) is 10.2 Å². The molecule has 0 spiro atoms. The number of hydrogen-bond donors (Lipinski definition) is 3. The van der Waals surface area contributed by atoms with E-state index >= 15 is 0 Å². The first-order valence-electron chi connectivity index (χ1n) is 3.38. The number of imide groups is 1. The molecule has 0 unspecified atom stereocenters. The van der Waals surface area contributed by atoms with Gasteiger partial charge in [-0.1, -0.05) is 0 Å². The highest BCUT2D eigenvalue weighted by Crippen LogP contribution is 2.17. The van der Waals surface area contributed by atoms with E-state index in [1.165, 1.54) is 13.8 Å². The van der Waals surface area contributed by atoms with Crippen molar-refractivity contribution >= 4 is 11.9 Å². The summed E-state index contributed by atoms with van der Waals surface area (Å²) in [5.74, 6) is -0.650. The summed E-state index contributed by atoms with van der Waals surface area (Å²) in [6.07, 6.45) is -2.07. The number of carbonyl (C=O) groups is 2. The van der Waals surface area contributed by atoms with E-state index in [1.54, 1.807) is 0 Å². The highest BCUT2D eigenvalue weighted by atomic mass is 16.5. The van der Waals surface area contributed by atoms with E-state index in [1.807, 2.05) is 0 Å². The van der Waals surface area contributed by atoms with Crippen molar-refractivity contribution in [3.8, 4) is 0 Å². The zero-order valence-corrected chi connectivity index (χ0v) is 6.74. The minimum Gasteiger partial charge on any atom is -0.351 e. The maximum absolute atomic E-state index is 11.2. The Morgan fingerprint density at radius 1 is 1.42 bits per heavy atom. The summed E-state index contributed by atoms with van der Waals surface area (Å²) >= 11 is 0. The molecule has 1 aliphatic heterocycles. The van der Waals surface area contributed by atoms with E-state index < -0.39 is 23.9 Å². The third kappa shape index (κ3) is 1.15. The summed E-state index contributed by atoms with van der Waals surface area (Å²) < 4.78 is 0. The van der Waals surface area contributed by atoms with E-state index in [4.69, 9.17) is 10.2 Å². The van der Waals surface area contributed by atoms with Gasteiger partial charge in [0.15, 0.2) is 0 Å². The predicted molar refractivity (Wildman–Crippen MR) is 37.7 cm³/mol. The number of aliphatic hydroxyl groups excluding tert-OH is 1. The van der Waals surface area contributed by atoms with Crippen molar-refractivity contribution in [2.75, 3.05) is 0 Å². The molecule has 0 radical (unpaired) electrons. The molecule has 6 nitrogen and oxygen atoms in total. The lowest BCUT2D eigenvalue weighted by Crippen LogP contribution is -2.43. The first kappa shape index (κ1) is 8.95. The lowest BCUT2D eigenvalue weighted by molar-refractivity contribution is -0.161. The molecule has 3 N–H and O–H groups in total. The highest BCUT2D eigenvalue weighted by molar-refractivity contribution is 6.06. The number of amides is 3. The molecule has 6 heteroatoms. The molecule has 0 aromatic carbocycles. The Morgan fingerprint density at radius 2 is 1.92 bits per heavy atom. The molecule has 1 aliphatic rings. The number of carbonyl (C=O) groups excluding carboxylic acids is 2. The molecule has 1 heterocycles. The van der Waals surface area contributed by atoms with Crippen LogP contribution in [0.5, 0.6) is 0 Å². The smallest absolute Gasteiger partial charge is 0.329 e. The van der Waals surface area contributed by atoms with Crippen LogP contribution < -0.4 is 5.32 Å². The van der Waals surface area contributed by atoms with E-state index in [0.29, 0.717) is 4.90 Å². The van der Waals surface area contributed by atoms with E-state index in [0.717, 1.165) is 0 Å². The molecule has 1 fully saturated rings. The van der Waals surface area contributed by atoms with Crippen LogP contribution in [0.3, 0.4) is 0 Å². The molecule has 0 bridgehead atoms. The topological polar surface area (TPSA) is 89.9 Å². The zero-order chi connectivity index (χ0) is 9.52. The third-order valence-corrected chi connectivity index (χ3v) is 1.62. The minimum atomic E-state index is -2.07. The van der Waals surface area contributed by atoms with Gasteiger partial charge in [-0.15, -0.1) is 0 Å². The Bertz CT molecular complexity index is 236. The summed E-state index contributed by atoms with van der Waals surface area (Å²) in [7, 11) is 0. The minimum absolute atomic E-state index is 0.361. The Balaban J connectivity index is 2.93. The van der Waals surface area contributed by atoms with Crippen LogP contribution in [0.15, 0.2) is 0 Å². The van der Waals surface area contributed by atoms with Gasteiger partial charge in [0.2, 0.25) is 6.41 Å². The quantitative estimate of drug-likeness (QED) is 0.336. The molecule has 12 heavy (non-hydrogen) atoms. The largest absolute Gasteiger partial charge is 0.351 e. The van der Waals surface area contributed by atoms with Crippen molar-refractivity contribution < 1.29 is 19.8 Å². The van der Waals surface area contributed by atoms with Gasteiger partial charge < -0.3 is 15.5 Å². The lowest BCUT2D eigenvalue weighted by atomic mass is 10.1. The Kier molecular flexibility index (Phi) is 1.81. The van der Waals surface area contributed by atoms with Crippen LogP contribution in [0.2, 0.25) is 0 Å². The highest BCUT2D eigenvalue weighted by Gasteiger charge is 2.46. The van der Waals surface area contributed by atoms with Crippen LogP contribution in [0.1, 0.15) is 13.8 Å². The summed E-state index contributed by atoms with van der Waals surface area (Å²) in [5, 5.41) is 19.5. The monoisotopic (exact) mass is 174 g/mol. The molecule has 0 atom stereocenters. The van der Waals surface area contributed by atoms with Crippen LogP contribution in [-0.4, -0.2) is 39.0 Å². The average molecular weight is 174 g/mol. The van der Waals surface area contributed by atoms with Gasteiger partial charge in [0.25, 0.3) is 5.91 Å². The maximum atomic E-state index is 11.2. The second-order valence-corrected chi connectivity index (χ2v) is 3.08. The zero-order valence-electron chi connectivity index (χ0n) is 6.74. The Labute approximate surface area is 68.8 Å². The average Bonchev–Trinajstić information content (AvgIpc) is 2.02. The van der Waals surface area contributed by atoms with Gasteiger partial charge in [-0.25, -0.2) is 9.69 Å². The molecule has 1 rings (SSSR count). The van der Waals surface area contributed by atoms with Crippen molar-refractivity contribution in [2.45, 2.75) is 25.8 Å². The Hall–Kier alpha value is -1.14. The number of nitrogens with one attached hydrogen (secondary N) is 1. The molecular weight excluding hydrogens is 164 g/mol. The summed E-state index contributed by atoms with van der Waals surface area (Å²) in [6, 6.07) is -0.792.